The fourth-order valence-electron chi connectivity index (χ4n) is 2.80. The zero-order valence-corrected chi connectivity index (χ0v) is 13.6. The number of rotatable bonds is 8. The Balaban J connectivity index is 1.45. The topological polar surface area (TPSA) is 97.9 Å². The van der Waals surface area contributed by atoms with Crippen LogP contribution < -0.4 is 4.74 Å². The molecule has 0 radical (unpaired) electrons. The van der Waals surface area contributed by atoms with Crippen molar-refractivity contribution in [1.82, 2.24) is 9.78 Å². The van der Waals surface area contributed by atoms with Gasteiger partial charge in [-0.15, -0.1) is 5.10 Å². The molecular formula is C15H23N3O6. The average Bonchev–Trinajstić information content (AvgIpc) is 3.25. The standard InChI is InChI=1S/C15H23N3O6/c19-18(20)13-10-17(12-5-9-21-11-12)16-15(13)24-8-3-7-23-14-4-1-2-6-22-14/h10,12,14H,1-9,11H2. The molecule has 0 amide bonds. The Bertz CT molecular complexity index is 537. The number of hydrogen-bond acceptors (Lipinski definition) is 7. The second-order valence-electron chi connectivity index (χ2n) is 5.94. The smallest absolute Gasteiger partial charge is 0.350 e. The van der Waals surface area contributed by atoms with Crippen LogP contribution in [-0.4, -0.2) is 54.0 Å². The molecule has 3 rings (SSSR count). The number of nitrogens with zero attached hydrogens (tertiary/aromatic N) is 3. The lowest BCUT2D eigenvalue weighted by atomic mass is 10.2. The van der Waals surface area contributed by atoms with Gasteiger partial charge < -0.3 is 18.9 Å². The fraction of sp³-hybridized carbons (Fsp3) is 0.800. The molecule has 9 heteroatoms. The van der Waals surface area contributed by atoms with Crippen molar-refractivity contribution < 1.29 is 23.9 Å². The van der Waals surface area contributed by atoms with E-state index in [1.807, 2.05) is 0 Å². The summed E-state index contributed by atoms with van der Waals surface area (Å²) in [7, 11) is 0. The third-order valence-electron chi connectivity index (χ3n) is 4.13. The molecular weight excluding hydrogens is 318 g/mol. The van der Waals surface area contributed by atoms with E-state index < -0.39 is 4.92 Å². The maximum Gasteiger partial charge on any atom is 0.350 e. The molecule has 0 aromatic carbocycles. The summed E-state index contributed by atoms with van der Waals surface area (Å²) in [5.74, 6) is 0.0563. The minimum atomic E-state index is -0.471. The van der Waals surface area contributed by atoms with Gasteiger partial charge in [0.05, 0.1) is 30.8 Å². The second-order valence-corrected chi connectivity index (χ2v) is 5.94. The highest BCUT2D eigenvalue weighted by molar-refractivity contribution is 5.38. The van der Waals surface area contributed by atoms with E-state index in [4.69, 9.17) is 18.9 Å². The summed E-state index contributed by atoms with van der Waals surface area (Å²) < 4.78 is 23.4. The van der Waals surface area contributed by atoms with Crippen molar-refractivity contribution in [2.24, 2.45) is 0 Å². The van der Waals surface area contributed by atoms with Gasteiger partial charge in [-0.1, -0.05) is 0 Å². The maximum absolute atomic E-state index is 11.1. The minimum absolute atomic E-state index is 0.0350. The van der Waals surface area contributed by atoms with Gasteiger partial charge in [0.1, 0.15) is 6.20 Å². The normalized spacial score (nSPS) is 24.2. The van der Waals surface area contributed by atoms with Gasteiger partial charge in [-0.05, 0) is 25.7 Å². The molecule has 2 saturated heterocycles. The number of nitro groups is 1. The molecule has 2 atom stereocenters. The van der Waals surface area contributed by atoms with Gasteiger partial charge >= 0.3 is 11.6 Å². The van der Waals surface area contributed by atoms with Crippen LogP contribution in [0.25, 0.3) is 0 Å². The van der Waals surface area contributed by atoms with Gasteiger partial charge in [0.2, 0.25) is 0 Å². The lowest BCUT2D eigenvalue weighted by molar-refractivity contribution is -0.386. The van der Waals surface area contributed by atoms with Crippen molar-refractivity contribution in [2.45, 2.75) is 44.4 Å². The first-order valence-corrected chi connectivity index (χ1v) is 8.41. The van der Waals surface area contributed by atoms with Crippen LogP contribution in [0.1, 0.15) is 38.1 Å². The first-order valence-electron chi connectivity index (χ1n) is 8.41. The first-order chi connectivity index (χ1) is 11.7. The monoisotopic (exact) mass is 341 g/mol. The van der Waals surface area contributed by atoms with E-state index in [2.05, 4.69) is 5.10 Å². The molecule has 9 nitrogen and oxygen atoms in total. The third-order valence-corrected chi connectivity index (χ3v) is 4.13. The molecule has 2 unspecified atom stereocenters. The fourth-order valence-corrected chi connectivity index (χ4v) is 2.80. The molecule has 2 aliphatic heterocycles. The van der Waals surface area contributed by atoms with Crippen LogP contribution in [0.2, 0.25) is 0 Å². The van der Waals surface area contributed by atoms with Gasteiger partial charge in [-0.25, -0.2) is 0 Å². The van der Waals surface area contributed by atoms with Crippen LogP contribution in [0.3, 0.4) is 0 Å². The lowest BCUT2D eigenvalue weighted by Crippen LogP contribution is -2.23. The van der Waals surface area contributed by atoms with E-state index in [0.29, 0.717) is 32.8 Å². The van der Waals surface area contributed by atoms with E-state index in [0.717, 1.165) is 32.3 Å². The van der Waals surface area contributed by atoms with Crippen molar-refractivity contribution in [1.29, 1.82) is 0 Å². The number of hydrogen-bond donors (Lipinski definition) is 0. The Morgan fingerprint density at radius 2 is 2.25 bits per heavy atom. The summed E-state index contributed by atoms with van der Waals surface area (Å²) in [5, 5.41) is 15.4. The molecule has 0 saturated carbocycles. The number of aromatic nitrogens is 2. The molecule has 24 heavy (non-hydrogen) atoms. The molecule has 0 N–H and O–H groups in total. The average molecular weight is 341 g/mol. The molecule has 0 bridgehead atoms. The predicted octanol–water partition coefficient (Wildman–Crippen LogP) is 2.06. The van der Waals surface area contributed by atoms with Crippen LogP contribution in [0.5, 0.6) is 5.88 Å². The quantitative estimate of drug-likeness (QED) is 0.405. The van der Waals surface area contributed by atoms with Crippen LogP contribution in [0, 0.1) is 10.1 Å². The van der Waals surface area contributed by atoms with Gasteiger partial charge in [0.15, 0.2) is 6.29 Å². The zero-order chi connectivity index (χ0) is 16.8. The van der Waals surface area contributed by atoms with E-state index in [1.54, 1.807) is 4.68 Å². The van der Waals surface area contributed by atoms with Crippen molar-refractivity contribution in [3.05, 3.63) is 16.3 Å². The van der Waals surface area contributed by atoms with Crippen molar-refractivity contribution in [3.63, 3.8) is 0 Å². The second kappa shape index (κ2) is 8.41. The highest BCUT2D eigenvalue weighted by Crippen LogP contribution is 2.29. The Morgan fingerprint density at radius 3 is 2.96 bits per heavy atom. The van der Waals surface area contributed by atoms with Crippen molar-refractivity contribution in [3.8, 4) is 5.88 Å². The third kappa shape index (κ3) is 4.43. The molecule has 134 valence electrons. The molecule has 1 aromatic rings. The minimum Gasteiger partial charge on any atom is -0.472 e. The summed E-state index contributed by atoms with van der Waals surface area (Å²) in [6.45, 7) is 2.72. The molecule has 2 aliphatic rings. The summed E-state index contributed by atoms with van der Waals surface area (Å²) in [6, 6.07) is 0.0350. The zero-order valence-electron chi connectivity index (χ0n) is 13.6. The number of ether oxygens (including phenoxy) is 4. The van der Waals surface area contributed by atoms with Gasteiger partial charge in [-0.3, -0.25) is 14.8 Å². The van der Waals surface area contributed by atoms with Gasteiger partial charge in [0.25, 0.3) is 0 Å². The molecule has 2 fully saturated rings. The molecule has 1 aromatic heterocycles. The summed E-state index contributed by atoms with van der Waals surface area (Å²) in [5.41, 5.74) is -0.113. The Labute approximate surface area is 140 Å². The van der Waals surface area contributed by atoms with Crippen LogP contribution in [-0.2, 0) is 14.2 Å². The molecule has 0 spiro atoms. The molecule has 0 aliphatic carbocycles. The van der Waals surface area contributed by atoms with Crippen LogP contribution in [0.4, 0.5) is 5.69 Å². The van der Waals surface area contributed by atoms with Gasteiger partial charge in [-0.2, -0.15) is 0 Å². The lowest BCUT2D eigenvalue weighted by Gasteiger charge is -2.22. The highest BCUT2D eigenvalue weighted by Gasteiger charge is 2.26. The summed E-state index contributed by atoms with van der Waals surface area (Å²) >= 11 is 0. The van der Waals surface area contributed by atoms with Crippen molar-refractivity contribution >= 4 is 5.69 Å². The maximum atomic E-state index is 11.1. The van der Waals surface area contributed by atoms with E-state index in [-0.39, 0.29) is 23.9 Å². The van der Waals surface area contributed by atoms with Crippen LogP contribution >= 0.6 is 0 Å². The van der Waals surface area contributed by atoms with E-state index in [9.17, 15) is 10.1 Å². The van der Waals surface area contributed by atoms with Gasteiger partial charge in [0, 0.05) is 19.6 Å². The van der Waals surface area contributed by atoms with Crippen LogP contribution in [0.15, 0.2) is 6.20 Å². The summed E-state index contributed by atoms with van der Waals surface area (Å²) in [6.07, 6.45) is 5.83. The molecule has 3 heterocycles. The Kier molecular flexibility index (Phi) is 6.00. The Hall–Kier alpha value is -1.71. The Morgan fingerprint density at radius 1 is 1.33 bits per heavy atom. The van der Waals surface area contributed by atoms with E-state index >= 15 is 0 Å². The van der Waals surface area contributed by atoms with E-state index in [1.165, 1.54) is 6.20 Å². The van der Waals surface area contributed by atoms with Crippen molar-refractivity contribution in [2.75, 3.05) is 33.0 Å². The SMILES string of the molecule is O=[N+]([O-])c1cn(C2CCOC2)nc1OCCCOC1CCCCO1. The predicted molar refractivity (Wildman–Crippen MR) is 83.0 cm³/mol. The highest BCUT2D eigenvalue weighted by atomic mass is 16.7. The largest absolute Gasteiger partial charge is 0.472 e. The first kappa shape index (κ1) is 17.1. The summed E-state index contributed by atoms with van der Waals surface area (Å²) in [4.78, 5) is 10.7.